The quantitative estimate of drug-likeness (QED) is 0.280. The Morgan fingerprint density at radius 3 is 2.66 bits per heavy atom. The summed E-state index contributed by atoms with van der Waals surface area (Å²) in [6.45, 7) is 2.31. The Hall–Kier alpha value is -3.00. The molecule has 2 aromatic carbocycles. The molecular formula is C24H18ClN3O2S2. The molecule has 0 unspecified atom stereocenters. The van der Waals surface area contributed by atoms with Crippen molar-refractivity contribution in [3.63, 3.8) is 0 Å². The number of aryl methyl sites for hydroxylation is 1. The Morgan fingerprint density at radius 1 is 1.09 bits per heavy atom. The van der Waals surface area contributed by atoms with Gasteiger partial charge in [-0.25, -0.2) is 4.98 Å². The van der Waals surface area contributed by atoms with Crippen molar-refractivity contribution in [2.45, 2.75) is 13.5 Å². The second-order valence-corrected chi connectivity index (χ2v) is 9.62. The molecule has 1 amide bonds. The van der Waals surface area contributed by atoms with Crippen LogP contribution in [0.25, 0.3) is 20.3 Å². The lowest BCUT2D eigenvalue weighted by molar-refractivity contribution is 0.0989. The van der Waals surface area contributed by atoms with Gasteiger partial charge in [-0.2, -0.15) is 0 Å². The van der Waals surface area contributed by atoms with E-state index in [9.17, 15) is 4.79 Å². The molecule has 5 rings (SSSR count). The molecule has 0 bridgehead atoms. The number of halogens is 1. The Balaban J connectivity index is 1.65. The Morgan fingerprint density at radius 2 is 1.91 bits per heavy atom. The number of hydrogen-bond donors (Lipinski definition) is 0. The van der Waals surface area contributed by atoms with Gasteiger partial charge >= 0.3 is 0 Å². The van der Waals surface area contributed by atoms with E-state index in [1.807, 2.05) is 61.5 Å². The molecule has 8 heteroatoms. The third kappa shape index (κ3) is 3.62. The van der Waals surface area contributed by atoms with E-state index in [4.69, 9.17) is 21.3 Å². The van der Waals surface area contributed by atoms with Crippen LogP contribution in [0, 0.1) is 6.92 Å². The number of rotatable bonds is 5. The molecular weight excluding hydrogens is 462 g/mol. The first kappa shape index (κ1) is 20.9. The van der Waals surface area contributed by atoms with Crippen molar-refractivity contribution < 1.29 is 9.53 Å². The molecule has 5 aromatic rings. The van der Waals surface area contributed by atoms with E-state index in [2.05, 4.69) is 4.98 Å². The predicted octanol–water partition coefficient (Wildman–Crippen LogP) is 6.72. The van der Waals surface area contributed by atoms with Crippen LogP contribution < -0.4 is 9.64 Å². The van der Waals surface area contributed by atoms with Crippen LogP contribution in [0.3, 0.4) is 0 Å². The summed E-state index contributed by atoms with van der Waals surface area (Å²) >= 11 is 9.50. The summed E-state index contributed by atoms with van der Waals surface area (Å²) in [5.41, 5.74) is 2.59. The van der Waals surface area contributed by atoms with Gasteiger partial charge in [0, 0.05) is 16.3 Å². The van der Waals surface area contributed by atoms with Gasteiger partial charge in [-0.3, -0.25) is 14.7 Å². The summed E-state index contributed by atoms with van der Waals surface area (Å²) in [6.07, 6.45) is 1.72. The first-order chi connectivity index (χ1) is 15.6. The molecule has 3 heterocycles. The number of thiophene rings is 1. The van der Waals surface area contributed by atoms with Crippen LogP contribution in [-0.4, -0.2) is 23.0 Å². The maximum atomic E-state index is 13.8. The first-order valence-corrected chi connectivity index (χ1v) is 11.9. The SMILES string of the molecule is COc1ccc(C)c2sc(N(Cc3ccccn3)C(=O)c3sc4ccccc4c3Cl)nc12. The highest BCUT2D eigenvalue weighted by Crippen LogP contribution is 2.40. The molecule has 160 valence electrons. The summed E-state index contributed by atoms with van der Waals surface area (Å²) in [5.74, 6) is 0.482. The molecule has 0 fully saturated rings. The van der Waals surface area contributed by atoms with Gasteiger partial charge in [0.25, 0.3) is 5.91 Å². The third-order valence-electron chi connectivity index (χ3n) is 5.16. The molecule has 5 nitrogen and oxygen atoms in total. The third-order valence-corrected chi connectivity index (χ3v) is 8.04. The van der Waals surface area contributed by atoms with Crippen molar-refractivity contribution in [3.05, 3.63) is 82.0 Å². The molecule has 0 aliphatic rings. The average molecular weight is 480 g/mol. The van der Waals surface area contributed by atoms with Crippen LogP contribution in [-0.2, 0) is 6.54 Å². The minimum atomic E-state index is -0.197. The van der Waals surface area contributed by atoms with E-state index in [0.29, 0.717) is 20.8 Å². The predicted molar refractivity (Wildman–Crippen MR) is 132 cm³/mol. The summed E-state index contributed by atoms with van der Waals surface area (Å²) in [5, 5.41) is 1.93. The van der Waals surface area contributed by atoms with Crippen molar-refractivity contribution >= 4 is 65.6 Å². The van der Waals surface area contributed by atoms with Crippen molar-refractivity contribution in [2.24, 2.45) is 0 Å². The number of carbonyl (C=O) groups excluding carboxylic acids is 1. The number of hydrogen-bond acceptors (Lipinski definition) is 6. The van der Waals surface area contributed by atoms with E-state index in [1.165, 1.54) is 22.7 Å². The molecule has 0 atom stereocenters. The monoisotopic (exact) mass is 479 g/mol. The number of pyridine rings is 1. The number of anilines is 1. The second kappa shape index (κ2) is 8.50. The molecule has 32 heavy (non-hydrogen) atoms. The van der Waals surface area contributed by atoms with Crippen LogP contribution in [0.1, 0.15) is 20.9 Å². The maximum absolute atomic E-state index is 13.8. The number of fused-ring (bicyclic) bond motifs is 2. The Bertz CT molecular complexity index is 1450. The van der Waals surface area contributed by atoms with Gasteiger partial charge in [-0.15, -0.1) is 11.3 Å². The average Bonchev–Trinajstić information content (AvgIpc) is 3.41. The molecule has 0 aliphatic heterocycles. The zero-order valence-electron chi connectivity index (χ0n) is 17.3. The molecule has 0 radical (unpaired) electrons. The summed E-state index contributed by atoms with van der Waals surface area (Å²) in [4.78, 5) is 25.2. The summed E-state index contributed by atoms with van der Waals surface area (Å²) in [6, 6.07) is 17.3. The molecule has 0 aliphatic carbocycles. The number of amides is 1. The summed E-state index contributed by atoms with van der Waals surface area (Å²) in [7, 11) is 1.62. The van der Waals surface area contributed by atoms with Gasteiger partial charge in [0.2, 0.25) is 0 Å². The van der Waals surface area contributed by atoms with Crippen LogP contribution in [0.5, 0.6) is 5.75 Å². The number of thiazole rings is 1. The fraction of sp³-hybridized carbons (Fsp3) is 0.125. The number of methoxy groups -OCH3 is 1. The normalized spacial score (nSPS) is 11.2. The lowest BCUT2D eigenvalue weighted by atomic mass is 10.2. The zero-order chi connectivity index (χ0) is 22.2. The number of benzene rings is 2. The van der Waals surface area contributed by atoms with Crippen LogP contribution >= 0.6 is 34.3 Å². The zero-order valence-corrected chi connectivity index (χ0v) is 19.7. The lowest BCUT2D eigenvalue weighted by Gasteiger charge is -2.19. The standard InChI is InChI=1S/C24H18ClN3O2S2/c1-14-10-11-17(30-2)20-21(14)32-24(27-20)28(13-15-7-5-6-12-26-15)23(29)22-19(25)16-8-3-4-9-18(16)31-22/h3-12H,13H2,1-2H3. The van der Waals surface area contributed by atoms with E-state index in [-0.39, 0.29) is 12.5 Å². The van der Waals surface area contributed by atoms with Crippen LogP contribution in [0.2, 0.25) is 5.02 Å². The highest BCUT2D eigenvalue weighted by molar-refractivity contribution is 7.23. The Labute approximate surface area is 197 Å². The Kier molecular flexibility index (Phi) is 5.55. The van der Waals surface area contributed by atoms with E-state index < -0.39 is 0 Å². The van der Waals surface area contributed by atoms with Crippen molar-refractivity contribution in [1.29, 1.82) is 0 Å². The van der Waals surface area contributed by atoms with Gasteiger partial charge in [-0.05, 0) is 36.8 Å². The van der Waals surface area contributed by atoms with Gasteiger partial charge < -0.3 is 4.74 Å². The van der Waals surface area contributed by atoms with Gasteiger partial charge in [-0.1, -0.05) is 53.3 Å². The van der Waals surface area contributed by atoms with Crippen molar-refractivity contribution in [3.8, 4) is 5.75 Å². The van der Waals surface area contributed by atoms with E-state index in [1.54, 1.807) is 18.2 Å². The van der Waals surface area contributed by atoms with Crippen molar-refractivity contribution in [1.82, 2.24) is 9.97 Å². The highest BCUT2D eigenvalue weighted by atomic mass is 35.5. The fourth-order valence-corrected chi connectivity index (χ4v) is 6.04. The summed E-state index contributed by atoms with van der Waals surface area (Å²) < 4.78 is 7.47. The topological polar surface area (TPSA) is 55.3 Å². The van der Waals surface area contributed by atoms with Gasteiger partial charge in [0.05, 0.1) is 29.1 Å². The lowest BCUT2D eigenvalue weighted by Crippen LogP contribution is -2.30. The smallest absolute Gasteiger partial charge is 0.272 e. The largest absolute Gasteiger partial charge is 0.494 e. The number of carbonyl (C=O) groups is 1. The number of nitrogens with zero attached hydrogens (tertiary/aromatic N) is 3. The minimum absolute atomic E-state index is 0.197. The molecule has 0 saturated heterocycles. The first-order valence-electron chi connectivity index (χ1n) is 9.89. The maximum Gasteiger partial charge on any atom is 0.272 e. The van der Waals surface area contributed by atoms with E-state index in [0.717, 1.165) is 31.6 Å². The minimum Gasteiger partial charge on any atom is -0.494 e. The fourth-order valence-electron chi connectivity index (χ4n) is 3.53. The molecule has 3 aromatic heterocycles. The van der Waals surface area contributed by atoms with Gasteiger partial charge in [0.15, 0.2) is 5.13 Å². The highest BCUT2D eigenvalue weighted by Gasteiger charge is 2.27. The van der Waals surface area contributed by atoms with Crippen LogP contribution in [0.4, 0.5) is 5.13 Å². The van der Waals surface area contributed by atoms with Crippen molar-refractivity contribution in [2.75, 3.05) is 12.0 Å². The number of aromatic nitrogens is 2. The number of ether oxygens (including phenoxy) is 1. The molecule has 0 spiro atoms. The molecule has 0 saturated carbocycles. The second-order valence-electron chi connectivity index (χ2n) is 7.21. The van der Waals surface area contributed by atoms with E-state index >= 15 is 0 Å². The van der Waals surface area contributed by atoms with Crippen LogP contribution in [0.15, 0.2) is 60.8 Å². The molecule has 0 N–H and O–H groups in total. The van der Waals surface area contributed by atoms with Gasteiger partial charge in [0.1, 0.15) is 16.1 Å².